The number of pyridine rings is 1. The van der Waals surface area contributed by atoms with Crippen LogP contribution in [0.2, 0.25) is 0 Å². The van der Waals surface area contributed by atoms with Gasteiger partial charge in [-0.15, -0.1) is 0 Å². The first kappa shape index (κ1) is 11.2. The number of nitrogens with zero attached hydrogens (tertiary/aromatic N) is 3. The zero-order valence-corrected chi connectivity index (χ0v) is 10.7. The van der Waals surface area contributed by atoms with Gasteiger partial charge in [0.2, 0.25) is 5.56 Å². The molecule has 0 spiro atoms. The molecule has 0 saturated heterocycles. The maximum atomic E-state index is 11.4. The van der Waals surface area contributed by atoms with Crippen LogP contribution in [0.1, 0.15) is 17.8 Å². The molecule has 92 valence electrons. The molecule has 3 heterocycles. The van der Waals surface area contributed by atoms with E-state index in [1.165, 1.54) is 0 Å². The van der Waals surface area contributed by atoms with Crippen LogP contribution in [0.5, 0.6) is 0 Å². The Bertz CT molecular complexity index is 750. The van der Waals surface area contributed by atoms with Crippen LogP contribution < -0.4 is 5.56 Å². The maximum Gasteiger partial charge on any atom is 0.250 e. The fourth-order valence-corrected chi connectivity index (χ4v) is 2.32. The van der Waals surface area contributed by atoms with Gasteiger partial charge in [-0.2, -0.15) is 5.10 Å². The van der Waals surface area contributed by atoms with Gasteiger partial charge < -0.3 is 4.57 Å². The summed E-state index contributed by atoms with van der Waals surface area (Å²) in [6, 6.07) is 3.43. The second-order valence-corrected chi connectivity index (χ2v) is 4.72. The minimum atomic E-state index is -0.00392. The molecule has 0 fully saturated rings. The molecule has 0 atom stereocenters. The normalized spacial score (nSPS) is 14.2. The Balaban J connectivity index is 2.11. The average molecular weight is 260 g/mol. The van der Waals surface area contributed by atoms with Gasteiger partial charge >= 0.3 is 0 Å². The SMILES string of the molecule is Cn1cc(C2=Cn3c(n[nH]c3=S)CC2)ccc1=O. The van der Waals surface area contributed by atoms with Gasteiger partial charge in [0.05, 0.1) is 0 Å². The molecule has 1 aliphatic rings. The van der Waals surface area contributed by atoms with Gasteiger partial charge in [0.25, 0.3) is 0 Å². The summed E-state index contributed by atoms with van der Waals surface area (Å²) in [4.78, 5) is 11.4. The molecule has 0 aliphatic carbocycles. The third kappa shape index (κ3) is 1.74. The average Bonchev–Trinajstić information content (AvgIpc) is 2.74. The number of H-pyrrole nitrogens is 1. The molecule has 6 heteroatoms. The molecule has 0 saturated carbocycles. The van der Waals surface area contributed by atoms with E-state index < -0.39 is 0 Å². The van der Waals surface area contributed by atoms with Crippen molar-refractivity contribution in [1.29, 1.82) is 0 Å². The highest BCUT2D eigenvalue weighted by atomic mass is 32.1. The van der Waals surface area contributed by atoms with Crippen LogP contribution in [0, 0.1) is 4.77 Å². The molecule has 0 bridgehead atoms. The molecule has 3 rings (SSSR count). The van der Waals surface area contributed by atoms with E-state index in [1.807, 2.05) is 23.0 Å². The number of allylic oxidation sites excluding steroid dienone is 1. The predicted molar refractivity (Wildman–Crippen MR) is 71.6 cm³/mol. The Morgan fingerprint density at radius 2 is 2.22 bits per heavy atom. The number of aromatic amines is 1. The summed E-state index contributed by atoms with van der Waals surface area (Å²) in [6.07, 6.45) is 5.59. The summed E-state index contributed by atoms with van der Waals surface area (Å²) in [5.41, 5.74) is 2.21. The zero-order chi connectivity index (χ0) is 12.7. The maximum absolute atomic E-state index is 11.4. The van der Waals surface area contributed by atoms with Crippen LogP contribution in [-0.4, -0.2) is 19.3 Å². The number of rotatable bonds is 1. The van der Waals surface area contributed by atoms with Crippen LogP contribution in [0.3, 0.4) is 0 Å². The summed E-state index contributed by atoms with van der Waals surface area (Å²) < 4.78 is 4.08. The topological polar surface area (TPSA) is 55.6 Å². The first-order valence-electron chi connectivity index (χ1n) is 5.69. The monoisotopic (exact) mass is 260 g/mol. The van der Waals surface area contributed by atoms with Gasteiger partial charge in [-0.05, 0) is 35.8 Å². The van der Waals surface area contributed by atoms with E-state index in [9.17, 15) is 4.79 Å². The van der Waals surface area contributed by atoms with Gasteiger partial charge in [-0.25, -0.2) is 0 Å². The van der Waals surface area contributed by atoms with Gasteiger partial charge in [0, 0.05) is 31.9 Å². The van der Waals surface area contributed by atoms with Crippen molar-refractivity contribution in [1.82, 2.24) is 19.3 Å². The number of aryl methyl sites for hydroxylation is 2. The molecule has 0 amide bonds. The highest BCUT2D eigenvalue weighted by Crippen LogP contribution is 2.24. The van der Waals surface area contributed by atoms with Crippen molar-refractivity contribution in [2.24, 2.45) is 7.05 Å². The summed E-state index contributed by atoms with van der Waals surface area (Å²) in [5.74, 6) is 0.952. The van der Waals surface area contributed by atoms with Gasteiger partial charge in [0.15, 0.2) is 4.77 Å². The zero-order valence-electron chi connectivity index (χ0n) is 9.88. The van der Waals surface area contributed by atoms with Crippen LogP contribution >= 0.6 is 12.2 Å². The highest BCUT2D eigenvalue weighted by molar-refractivity contribution is 7.71. The lowest BCUT2D eigenvalue weighted by Gasteiger charge is -2.14. The molecule has 2 aromatic heterocycles. The van der Waals surface area contributed by atoms with Crippen molar-refractivity contribution in [3.63, 3.8) is 0 Å². The molecule has 0 unspecified atom stereocenters. The second kappa shape index (κ2) is 4.06. The van der Waals surface area contributed by atoms with E-state index in [2.05, 4.69) is 10.2 Å². The highest BCUT2D eigenvalue weighted by Gasteiger charge is 2.14. The molecule has 0 radical (unpaired) electrons. The largest absolute Gasteiger partial charge is 0.318 e. The minimum absolute atomic E-state index is 0.00392. The fraction of sp³-hybridized carbons (Fsp3) is 0.250. The number of nitrogens with one attached hydrogen (secondary N) is 1. The van der Waals surface area contributed by atoms with E-state index >= 15 is 0 Å². The van der Waals surface area contributed by atoms with E-state index in [0.717, 1.165) is 29.8 Å². The summed E-state index contributed by atoms with van der Waals surface area (Å²) >= 11 is 5.17. The van der Waals surface area contributed by atoms with Gasteiger partial charge in [0.1, 0.15) is 5.82 Å². The van der Waals surface area contributed by atoms with Crippen molar-refractivity contribution in [2.45, 2.75) is 12.8 Å². The number of hydrogen-bond acceptors (Lipinski definition) is 3. The molecular formula is C12H12N4OS. The quantitative estimate of drug-likeness (QED) is 0.792. The van der Waals surface area contributed by atoms with Crippen molar-refractivity contribution < 1.29 is 0 Å². The first-order chi connectivity index (χ1) is 8.65. The molecule has 18 heavy (non-hydrogen) atoms. The van der Waals surface area contributed by atoms with Crippen LogP contribution in [0.15, 0.2) is 23.1 Å². The third-order valence-corrected chi connectivity index (χ3v) is 3.42. The Labute approximate surface area is 108 Å². The van der Waals surface area contributed by atoms with E-state index in [4.69, 9.17) is 12.2 Å². The Hall–Kier alpha value is -1.95. The second-order valence-electron chi connectivity index (χ2n) is 4.34. The lowest BCUT2D eigenvalue weighted by atomic mass is 10.0. The van der Waals surface area contributed by atoms with Crippen molar-refractivity contribution in [3.05, 3.63) is 44.8 Å². The number of hydrogen-bond donors (Lipinski definition) is 1. The van der Waals surface area contributed by atoms with Crippen molar-refractivity contribution in [2.75, 3.05) is 0 Å². The number of fused-ring (bicyclic) bond motifs is 1. The Kier molecular flexibility index (Phi) is 2.52. The first-order valence-corrected chi connectivity index (χ1v) is 6.09. The Morgan fingerprint density at radius 3 is 3.00 bits per heavy atom. The van der Waals surface area contributed by atoms with Crippen LogP contribution in [0.4, 0.5) is 0 Å². The lowest BCUT2D eigenvalue weighted by molar-refractivity contribution is 0.828. The van der Waals surface area contributed by atoms with E-state index in [-0.39, 0.29) is 5.56 Å². The van der Waals surface area contributed by atoms with Crippen LogP contribution in [-0.2, 0) is 13.5 Å². The summed E-state index contributed by atoms with van der Waals surface area (Å²) in [6.45, 7) is 0. The Morgan fingerprint density at radius 1 is 1.39 bits per heavy atom. The molecule has 2 aromatic rings. The fourth-order valence-electron chi connectivity index (χ4n) is 2.12. The van der Waals surface area contributed by atoms with Gasteiger partial charge in [-0.1, -0.05) is 0 Å². The number of aromatic nitrogens is 4. The minimum Gasteiger partial charge on any atom is -0.318 e. The molecule has 1 N–H and O–H groups in total. The molecular weight excluding hydrogens is 248 g/mol. The molecule has 0 aromatic carbocycles. The smallest absolute Gasteiger partial charge is 0.250 e. The van der Waals surface area contributed by atoms with Crippen LogP contribution in [0.25, 0.3) is 11.8 Å². The van der Waals surface area contributed by atoms with Gasteiger partial charge in [-0.3, -0.25) is 14.5 Å². The van der Waals surface area contributed by atoms with Crippen molar-refractivity contribution in [3.8, 4) is 0 Å². The predicted octanol–water partition coefficient (Wildman–Crippen LogP) is 1.58. The van der Waals surface area contributed by atoms with Crippen molar-refractivity contribution >= 4 is 24.0 Å². The summed E-state index contributed by atoms with van der Waals surface area (Å²) in [5, 5.41) is 6.95. The standard InChI is InChI=1S/C12H12N4OS/c1-15-6-8(3-5-11(15)17)9-2-4-10-13-14-12(18)16(10)7-9/h3,5-7H,2,4H2,1H3,(H,14,18). The third-order valence-electron chi connectivity index (χ3n) is 3.14. The van der Waals surface area contributed by atoms with E-state index in [0.29, 0.717) is 4.77 Å². The summed E-state index contributed by atoms with van der Waals surface area (Å²) in [7, 11) is 1.75. The van der Waals surface area contributed by atoms with E-state index in [1.54, 1.807) is 17.7 Å². The lowest BCUT2D eigenvalue weighted by Crippen LogP contribution is -2.15. The molecule has 5 nitrogen and oxygen atoms in total. The molecule has 1 aliphatic heterocycles.